The topological polar surface area (TPSA) is 50.8 Å². The second-order valence-corrected chi connectivity index (χ2v) is 7.15. The van der Waals surface area contributed by atoms with Crippen molar-refractivity contribution in [2.24, 2.45) is 0 Å². The van der Waals surface area contributed by atoms with Crippen molar-refractivity contribution < 1.29 is 18.7 Å². The molecule has 6 heteroatoms. The second kappa shape index (κ2) is 5.70. The number of rotatable bonds is 1. The number of piperidine rings is 1. The van der Waals surface area contributed by atoms with Crippen LogP contribution < -0.4 is 10.2 Å². The summed E-state index contributed by atoms with van der Waals surface area (Å²) in [7, 11) is 0. The van der Waals surface area contributed by atoms with E-state index < -0.39 is 11.6 Å². The molecule has 3 aliphatic rings. The van der Waals surface area contributed by atoms with Crippen LogP contribution in [0.4, 0.5) is 10.1 Å². The summed E-state index contributed by atoms with van der Waals surface area (Å²) >= 11 is 0. The number of carbonyl (C=O) groups excluding carboxylic acids is 1. The van der Waals surface area contributed by atoms with Crippen LogP contribution in [0.1, 0.15) is 42.6 Å². The summed E-state index contributed by atoms with van der Waals surface area (Å²) in [6.45, 7) is 6.84. The molecule has 2 unspecified atom stereocenters. The van der Waals surface area contributed by atoms with Gasteiger partial charge in [-0.15, -0.1) is 0 Å². The summed E-state index contributed by atoms with van der Waals surface area (Å²) in [6, 6.07) is 3.34. The lowest BCUT2D eigenvalue weighted by Crippen LogP contribution is -2.45. The highest BCUT2D eigenvalue weighted by molar-refractivity contribution is 5.96. The Bertz CT molecular complexity index is 662. The van der Waals surface area contributed by atoms with Crippen LogP contribution in [0.15, 0.2) is 12.1 Å². The summed E-state index contributed by atoms with van der Waals surface area (Å²) in [5, 5.41) is 3.24. The van der Waals surface area contributed by atoms with E-state index in [9.17, 15) is 9.18 Å². The molecule has 24 heavy (non-hydrogen) atoms. The molecule has 1 aromatic rings. The van der Waals surface area contributed by atoms with E-state index in [0.29, 0.717) is 37.1 Å². The first-order valence-electron chi connectivity index (χ1n) is 8.67. The Morgan fingerprint density at radius 3 is 2.54 bits per heavy atom. The number of carbonyl (C=O) groups is 1. The number of morpholine rings is 1. The van der Waals surface area contributed by atoms with Crippen molar-refractivity contribution in [3.8, 4) is 0 Å². The number of halogens is 1. The zero-order valence-corrected chi connectivity index (χ0v) is 14.1. The van der Waals surface area contributed by atoms with Crippen LogP contribution in [0.25, 0.3) is 0 Å². The highest BCUT2D eigenvalue weighted by Gasteiger charge is 2.48. The van der Waals surface area contributed by atoms with Crippen molar-refractivity contribution in [2.45, 2.75) is 44.5 Å². The standard InChI is InChI=1S/C18H23FN2O3/c1-11-9-21(10-12(2)23-11)13-7-14-16(15(19)8-13)18(24-17(14)22)3-5-20-6-4-18/h7-8,11-12,20H,3-6,9-10H2,1-2H3. The van der Waals surface area contributed by atoms with Gasteiger partial charge in [0.05, 0.1) is 17.8 Å². The highest BCUT2D eigenvalue weighted by Crippen LogP contribution is 2.45. The summed E-state index contributed by atoms with van der Waals surface area (Å²) in [5.41, 5.74) is 0.785. The predicted octanol–water partition coefficient (Wildman–Crippen LogP) is 2.19. The van der Waals surface area contributed by atoms with E-state index >= 15 is 0 Å². The van der Waals surface area contributed by atoms with Gasteiger partial charge in [-0.2, -0.15) is 0 Å². The third-order valence-corrected chi connectivity index (χ3v) is 5.23. The molecule has 0 amide bonds. The minimum absolute atomic E-state index is 0.0766. The maximum Gasteiger partial charge on any atom is 0.339 e. The first-order chi connectivity index (χ1) is 11.5. The average Bonchev–Trinajstić information content (AvgIpc) is 2.79. The molecule has 2 atom stereocenters. The first kappa shape index (κ1) is 15.8. The fourth-order valence-corrected chi connectivity index (χ4v) is 4.25. The molecule has 130 valence electrons. The van der Waals surface area contributed by atoms with Crippen LogP contribution in [0, 0.1) is 5.82 Å². The molecule has 1 N–H and O–H groups in total. The van der Waals surface area contributed by atoms with Crippen LogP contribution in [0.2, 0.25) is 0 Å². The number of hydrogen-bond acceptors (Lipinski definition) is 5. The van der Waals surface area contributed by atoms with Crippen LogP contribution in [0.5, 0.6) is 0 Å². The smallest absolute Gasteiger partial charge is 0.339 e. The van der Waals surface area contributed by atoms with E-state index in [2.05, 4.69) is 10.2 Å². The van der Waals surface area contributed by atoms with Crippen LogP contribution in [-0.2, 0) is 15.1 Å². The Hall–Kier alpha value is -1.66. The second-order valence-electron chi connectivity index (χ2n) is 7.15. The normalized spacial score (nSPS) is 28.8. The van der Waals surface area contributed by atoms with Crippen molar-refractivity contribution >= 4 is 11.7 Å². The summed E-state index contributed by atoms with van der Waals surface area (Å²) < 4.78 is 26.4. The van der Waals surface area contributed by atoms with E-state index in [-0.39, 0.29) is 18.0 Å². The molecule has 0 aliphatic carbocycles. The number of benzene rings is 1. The van der Waals surface area contributed by atoms with E-state index in [1.54, 1.807) is 12.1 Å². The van der Waals surface area contributed by atoms with E-state index in [4.69, 9.17) is 9.47 Å². The van der Waals surface area contributed by atoms with Gasteiger partial charge in [0, 0.05) is 37.2 Å². The van der Waals surface area contributed by atoms with Crippen molar-refractivity contribution in [1.29, 1.82) is 0 Å². The number of ether oxygens (including phenoxy) is 2. The SMILES string of the molecule is CC1CN(c2cc(F)c3c(c2)C(=O)OC32CCNCC2)CC(C)O1. The van der Waals surface area contributed by atoms with Gasteiger partial charge in [-0.25, -0.2) is 9.18 Å². The molecule has 1 spiro atoms. The third kappa shape index (κ3) is 2.48. The molecule has 0 bridgehead atoms. The van der Waals surface area contributed by atoms with E-state index in [0.717, 1.165) is 18.8 Å². The molecule has 4 rings (SSSR count). The van der Waals surface area contributed by atoms with Gasteiger partial charge in [0.2, 0.25) is 0 Å². The minimum Gasteiger partial charge on any atom is -0.450 e. The summed E-state index contributed by atoms with van der Waals surface area (Å²) in [6.07, 6.45) is 1.39. The van der Waals surface area contributed by atoms with Crippen LogP contribution >= 0.6 is 0 Å². The van der Waals surface area contributed by atoms with Crippen molar-refractivity contribution in [2.75, 3.05) is 31.1 Å². The zero-order chi connectivity index (χ0) is 16.9. The van der Waals surface area contributed by atoms with Crippen molar-refractivity contribution in [3.63, 3.8) is 0 Å². The number of fused-ring (bicyclic) bond motifs is 2. The Labute approximate surface area is 141 Å². The molecule has 0 saturated carbocycles. The molecule has 3 aliphatic heterocycles. The molecule has 1 aromatic carbocycles. The number of esters is 1. The van der Waals surface area contributed by atoms with E-state index in [1.807, 2.05) is 13.8 Å². The van der Waals surface area contributed by atoms with Gasteiger partial charge in [0.1, 0.15) is 11.4 Å². The third-order valence-electron chi connectivity index (χ3n) is 5.23. The molecular formula is C18H23FN2O3. The fraction of sp³-hybridized carbons (Fsp3) is 0.611. The molecular weight excluding hydrogens is 311 g/mol. The van der Waals surface area contributed by atoms with E-state index in [1.165, 1.54) is 0 Å². The lowest BCUT2D eigenvalue weighted by atomic mass is 9.83. The predicted molar refractivity (Wildman–Crippen MR) is 87.8 cm³/mol. The summed E-state index contributed by atoms with van der Waals surface area (Å²) in [4.78, 5) is 14.5. The number of nitrogens with zero attached hydrogens (tertiary/aromatic N) is 1. The molecule has 2 fully saturated rings. The zero-order valence-electron chi connectivity index (χ0n) is 14.1. The average molecular weight is 334 g/mol. The van der Waals surface area contributed by atoms with Gasteiger partial charge in [0.15, 0.2) is 0 Å². The monoisotopic (exact) mass is 334 g/mol. The Balaban J connectivity index is 1.73. The number of hydrogen-bond donors (Lipinski definition) is 1. The lowest BCUT2D eigenvalue weighted by Gasteiger charge is -2.37. The number of nitrogens with one attached hydrogen (secondary N) is 1. The molecule has 2 saturated heterocycles. The lowest BCUT2D eigenvalue weighted by molar-refractivity contribution is -0.0255. The largest absolute Gasteiger partial charge is 0.450 e. The quantitative estimate of drug-likeness (QED) is 0.798. The molecule has 3 heterocycles. The highest BCUT2D eigenvalue weighted by atomic mass is 19.1. The van der Waals surface area contributed by atoms with Gasteiger partial charge >= 0.3 is 5.97 Å². The maximum absolute atomic E-state index is 15.0. The molecule has 5 nitrogen and oxygen atoms in total. The Morgan fingerprint density at radius 1 is 1.21 bits per heavy atom. The Kier molecular flexibility index (Phi) is 3.77. The van der Waals surface area contributed by atoms with Gasteiger partial charge in [0.25, 0.3) is 0 Å². The minimum atomic E-state index is -0.786. The van der Waals surface area contributed by atoms with Gasteiger partial charge in [-0.05, 0) is 39.1 Å². The van der Waals surface area contributed by atoms with Gasteiger partial charge in [-0.3, -0.25) is 0 Å². The molecule has 0 aromatic heterocycles. The molecule has 0 radical (unpaired) electrons. The fourth-order valence-electron chi connectivity index (χ4n) is 4.25. The van der Waals surface area contributed by atoms with Crippen LogP contribution in [0.3, 0.4) is 0 Å². The van der Waals surface area contributed by atoms with Crippen LogP contribution in [-0.4, -0.2) is 44.4 Å². The van der Waals surface area contributed by atoms with Crippen molar-refractivity contribution in [3.05, 3.63) is 29.1 Å². The van der Waals surface area contributed by atoms with Gasteiger partial charge in [-0.1, -0.05) is 0 Å². The summed E-state index contributed by atoms with van der Waals surface area (Å²) in [5.74, 6) is -0.732. The van der Waals surface area contributed by atoms with Gasteiger partial charge < -0.3 is 19.7 Å². The Morgan fingerprint density at radius 2 is 1.88 bits per heavy atom. The van der Waals surface area contributed by atoms with Crippen molar-refractivity contribution in [1.82, 2.24) is 5.32 Å². The first-order valence-corrected chi connectivity index (χ1v) is 8.67. The number of anilines is 1. The maximum atomic E-state index is 15.0.